The lowest BCUT2D eigenvalue weighted by atomic mass is 10.1. The molecule has 1 aliphatic heterocycles. The Kier molecular flexibility index (Phi) is 5.97. The van der Waals surface area contributed by atoms with Crippen molar-refractivity contribution >= 4 is 34.8 Å². The Balaban J connectivity index is 1.67. The van der Waals surface area contributed by atoms with E-state index >= 15 is 0 Å². The standard InChI is InChI=1S/C19H21Cl2N3O/c1-13-11-24(8-7-22-13)12-14-3-2-4-16(9-14)23-19(25)17-6-5-15(20)10-18(17)21/h2-6,9-10,13,22H,7-8,11-12H2,1H3,(H,23,25)/t13-/m1/s1. The number of anilines is 1. The van der Waals surface area contributed by atoms with Gasteiger partial charge in [-0.05, 0) is 42.8 Å². The first-order valence-corrected chi connectivity index (χ1v) is 9.08. The maximum atomic E-state index is 12.4. The molecule has 1 atom stereocenters. The lowest BCUT2D eigenvalue weighted by molar-refractivity contribution is 0.102. The summed E-state index contributed by atoms with van der Waals surface area (Å²) in [6.07, 6.45) is 0. The van der Waals surface area contributed by atoms with Gasteiger partial charge in [0.15, 0.2) is 0 Å². The van der Waals surface area contributed by atoms with Crippen molar-refractivity contribution in [1.82, 2.24) is 10.2 Å². The highest BCUT2D eigenvalue weighted by Gasteiger charge is 2.16. The van der Waals surface area contributed by atoms with Crippen LogP contribution >= 0.6 is 23.2 Å². The fourth-order valence-electron chi connectivity index (χ4n) is 3.03. The zero-order chi connectivity index (χ0) is 17.8. The van der Waals surface area contributed by atoms with E-state index in [0.29, 0.717) is 21.7 Å². The molecule has 4 nitrogen and oxygen atoms in total. The molecule has 3 rings (SSSR count). The van der Waals surface area contributed by atoms with Crippen molar-refractivity contribution in [2.75, 3.05) is 25.0 Å². The fourth-order valence-corrected chi connectivity index (χ4v) is 3.53. The molecule has 6 heteroatoms. The number of hydrogen-bond donors (Lipinski definition) is 2. The van der Waals surface area contributed by atoms with E-state index < -0.39 is 0 Å². The van der Waals surface area contributed by atoms with Gasteiger partial charge in [-0.1, -0.05) is 35.3 Å². The Labute approximate surface area is 158 Å². The number of carbonyl (C=O) groups excluding carboxylic acids is 1. The molecular formula is C19H21Cl2N3O. The predicted octanol–water partition coefficient (Wildman–Crippen LogP) is 4.04. The number of hydrogen-bond acceptors (Lipinski definition) is 3. The van der Waals surface area contributed by atoms with Crippen molar-refractivity contribution in [3.63, 3.8) is 0 Å². The van der Waals surface area contributed by atoms with Crippen LogP contribution in [0.3, 0.4) is 0 Å². The average Bonchev–Trinajstić information content (AvgIpc) is 2.55. The smallest absolute Gasteiger partial charge is 0.257 e. The van der Waals surface area contributed by atoms with Crippen LogP contribution in [0.2, 0.25) is 10.0 Å². The van der Waals surface area contributed by atoms with Gasteiger partial charge >= 0.3 is 0 Å². The van der Waals surface area contributed by atoms with Crippen molar-refractivity contribution in [3.8, 4) is 0 Å². The summed E-state index contributed by atoms with van der Waals surface area (Å²) in [5.74, 6) is -0.241. The molecule has 0 unspecified atom stereocenters. The van der Waals surface area contributed by atoms with Crippen LogP contribution in [-0.2, 0) is 6.54 Å². The third-order valence-electron chi connectivity index (χ3n) is 4.22. The van der Waals surface area contributed by atoms with Gasteiger partial charge in [-0.25, -0.2) is 0 Å². The molecule has 2 aromatic carbocycles. The van der Waals surface area contributed by atoms with E-state index in [1.165, 1.54) is 5.56 Å². The van der Waals surface area contributed by atoms with Crippen molar-refractivity contribution in [2.45, 2.75) is 19.5 Å². The van der Waals surface area contributed by atoms with Crippen LogP contribution < -0.4 is 10.6 Å². The molecule has 1 fully saturated rings. The topological polar surface area (TPSA) is 44.4 Å². The van der Waals surface area contributed by atoms with Crippen LogP contribution in [0.1, 0.15) is 22.8 Å². The molecule has 25 heavy (non-hydrogen) atoms. The molecule has 1 aliphatic rings. The molecule has 2 N–H and O–H groups in total. The van der Waals surface area contributed by atoms with Gasteiger partial charge in [-0.15, -0.1) is 0 Å². The summed E-state index contributed by atoms with van der Waals surface area (Å²) in [6, 6.07) is 13.3. The first-order chi connectivity index (χ1) is 12.0. The van der Waals surface area contributed by atoms with Gasteiger partial charge in [-0.2, -0.15) is 0 Å². The van der Waals surface area contributed by atoms with Crippen LogP contribution in [0.4, 0.5) is 5.69 Å². The Morgan fingerprint density at radius 3 is 2.88 bits per heavy atom. The Morgan fingerprint density at radius 2 is 2.12 bits per heavy atom. The summed E-state index contributed by atoms with van der Waals surface area (Å²) in [4.78, 5) is 14.8. The quantitative estimate of drug-likeness (QED) is 0.844. The SMILES string of the molecule is C[C@@H]1CN(Cc2cccc(NC(=O)c3ccc(Cl)cc3Cl)c2)CCN1. The van der Waals surface area contributed by atoms with E-state index in [1.54, 1.807) is 18.2 Å². The van der Waals surface area contributed by atoms with Crippen molar-refractivity contribution in [3.05, 3.63) is 63.6 Å². The minimum atomic E-state index is -0.241. The summed E-state index contributed by atoms with van der Waals surface area (Å²) < 4.78 is 0. The van der Waals surface area contributed by atoms with E-state index in [1.807, 2.05) is 18.2 Å². The van der Waals surface area contributed by atoms with Crippen LogP contribution in [0, 0.1) is 0 Å². The van der Waals surface area contributed by atoms with E-state index in [9.17, 15) is 4.79 Å². The second kappa shape index (κ2) is 8.19. The zero-order valence-corrected chi connectivity index (χ0v) is 15.6. The van der Waals surface area contributed by atoms with Gasteiger partial charge in [0, 0.05) is 42.9 Å². The normalized spacial score (nSPS) is 18.1. The number of piperazine rings is 1. The van der Waals surface area contributed by atoms with Crippen LogP contribution in [0.15, 0.2) is 42.5 Å². The van der Waals surface area contributed by atoms with Crippen molar-refractivity contribution < 1.29 is 4.79 Å². The minimum absolute atomic E-state index is 0.241. The summed E-state index contributed by atoms with van der Waals surface area (Å²) in [6.45, 7) is 6.13. The molecule has 0 spiro atoms. The molecule has 0 radical (unpaired) electrons. The third-order valence-corrected chi connectivity index (χ3v) is 4.77. The number of benzene rings is 2. The van der Waals surface area contributed by atoms with E-state index in [0.717, 1.165) is 31.9 Å². The molecule has 132 valence electrons. The summed E-state index contributed by atoms with van der Waals surface area (Å²) in [5, 5.41) is 7.20. The van der Waals surface area contributed by atoms with Gasteiger partial charge in [0.1, 0.15) is 0 Å². The van der Waals surface area contributed by atoms with Gasteiger partial charge in [0.2, 0.25) is 0 Å². The molecule has 1 heterocycles. The van der Waals surface area contributed by atoms with Gasteiger partial charge in [0.05, 0.1) is 10.6 Å². The lowest BCUT2D eigenvalue weighted by Gasteiger charge is -2.31. The van der Waals surface area contributed by atoms with Gasteiger partial charge < -0.3 is 10.6 Å². The first kappa shape index (κ1) is 18.2. The fraction of sp³-hybridized carbons (Fsp3) is 0.316. The van der Waals surface area contributed by atoms with Gasteiger partial charge in [0.25, 0.3) is 5.91 Å². The summed E-state index contributed by atoms with van der Waals surface area (Å²) >= 11 is 12.0. The Morgan fingerprint density at radius 1 is 1.28 bits per heavy atom. The van der Waals surface area contributed by atoms with Crippen LogP contribution in [0.5, 0.6) is 0 Å². The minimum Gasteiger partial charge on any atom is -0.322 e. The Hall–Kier alpha value is -1.59. The molecule has 0 bridgehead atoms. The third kappa shape index (κ3) is 4.95. The highest BCUT2D eigenvalue weighted by atomic mass is 35.5. The molecule has 0 saturated carbocycles. The van der Waals surface area contributed by atoms with Crippen LogP contribution in [-0.4, -0.2) is 36.5 Å². The molecule has 0 aromatic heterocycles. The van der Waals surface area contributed by atoms with Crippen LogP contribution in [0.25, 0.3) is 0 Å². The van der Waals surface area contributed by atoms with Crippen molar-refractivity contribution in [2.24, 2.45) is 0 Å². The second-order valence-electron chi connectivity index (χ2n) is 6.37. The van der Waals surface area contributed by atoms with Gasteiger partial charge in [-0.3, -0.25) is 9.69 Å². The molecule has 2 aromatic rings. The maximum Gasteiger partial charge on any atom is 0.257 e. The number of halogens is 2. The van der Waals surface area contributed by atoms with E-state index in [2.05, 4.69) is 28.5 Å². The highest BCUT2D eigenvalue weighted by Crippen LogP contribution is 2.22. The lowest BCUT2D eigenvalue weighted by Crippen LogP contribution is -2.48. The maximum absolute atomic E-state index is 12.4. The molecule has 1 saturated heterocycles. The Bertz CT molecular complexity index is 766. The molecule has 1 amide bonds. The molecular weight excluding hydrogens is 357 g/mol. The largest absolute Gasteiger partial charge is 0.322 e. The monoisotopic (exact) mass is 377 g/mol. The highest BCUT2D eigenvalue weighted by molar-refractivity contribution is 6.37. The number of amides is 1. The molecule has 0 aliphatic carbocycles. The van der Waals surface area contributed by atoms with E-state index in [4.69, 9.17) is 23.2 Å². The number of rotatable bonds is 4. The first-order valence-electron chi connectivity index (χ1n) is 8.32. The van der Waals surface area contributed by atoms with Crippen molar-refractivity contribution in [1.29, 1.82) is 0 Å². The summed E-state index contributed by atoms with van der Waals surface area (Å²) in [7, 11) is 0. The second-order valence-corrected chi connectivity index (χ2v) is 7.21. The average molecular weight is 378 g/mol. The van der Waals surface area contributed by atoms with E-state index in [-0.39, 0.29) is 5.91 Å². The zero-order valence-electron chi connectivity index (χ0n) is 14.1. The summed E-state index contributed by atoms with van der Waals surface area (Å²) in [5.41, 5.74) is 2.35. The predicted molar refractivity (Wildman–Crippen MR) is 104 cm³/mol. The number of carbonyl (C=O) groups is 1. The number of nitrogens with one attached hydrogen (secondary N) is 2. The number of nitrogens with zero attached hydrogens (tertiary/aromatic N) is 1.